The van der Waals surface area contributed by atoms with Crippen molar-refractivity contribution < 1.29 is 27.8 Å². The van der Waals surface area contributed by atoms with E-state index < -0.39 is 13.0 Å². The minimum absolute atomic E-state index is 0.254. The first-order chi connectivity index (χ1) is 7.92. The van der Waals surface area contributed by atoms with E-state index in [1.54, 1.807) is 19.1 Å². The second-order valence-corrected chi connectivity index (χ2v) is 3.20. The van der Waals surface area contributed by atoms with Crippen molar-refractivity contribution in [2.75, 3.05) is 13.2 Å². The molecule has 0 radical (unpaired) electrons. The molecule has 0 spiro atoms. The van der Waals surface area contributed by atoms with Gasteiger partial charge in [0.05, 0.1) is 13.2 Å². The van der Waals surface area contributed by atoms with Crippen molar-refractivity contribution in [1.29, 1.82) is 0 Å². The van der Waals surface area contributed by atoms with Crippen molar-refractivity contribution >= 4 is 0 Å². The highest BCUT2D eigenvalue weighted by atomic mass is 19.4. The second-order valence-electron chi connectivity index (χ2n) is 3.20. The highest BCUT2D eigenvalue weighted by molar-refractivity contribution is 5.28. The zero-order chi connectivity index (χ0) is 12.9. The highest BCUT2D eigenvalue weighted by Crippen LogP contribution is 2.18. The fraction of sp³-hybridized carbons (Fsp3) is 0.500. The summed E-state index contributed by atoms with van der Waals surface area (Å²) in [5.41, 5.74) is 0.977. The van der Waals surface area contributed by atoms with Crippen LogP contribution >= 0.6 is 0 Å². The van der Waals surface area contributed by atoms with Crippen LogP contribution in [0.25, 0.3) is 0 Å². The van der Waals surface area contributed by atoms with E-state index in [1.165, 1.54) is 0 Å². The van der Waals surface area contributed by atoms with Crippen LogP contribution in [-0.4, -0.2) is 29.7 Å². The van der Waals surface area contributed by atoms with Gasteiger partial charge in [-0.05, 0) is 19.1 Å². The van der Waals surface area contributed by atoms with Crippen LogP contribution in [0.3, 0.4) is 0 Å². The summed E-state index contributed by atoms with van der Waals surface area (Å²) in [7, 11) is 0. The number of rotatable bonds is 5. The maximum Gasteiger partial charge on any atom is 0.522 e. The van der Waals surface area contributed by atoms with Crippen LogP contribution in [-0.2, 0) is 11.3 Å². The Morgan fingerprint density at radius 2 is 2.00 bits per heavy atom. The zero-order valence-electron chi connectivity index (χ0n) is 9.12. The molecule has 7 heteroatoms. The van der Waals surface area contributed by atoms with Gasteiger partial charge in [-0.3, -0.25) is 9.72 Å². The van der Waals surface area contributed by atoms with Gasteiger partial charge in [0, 0.05) is 5.69 Å². The summed E-state index contributed by atoms with van der Waals surface area (Å²) < 4.78 is 43.5. The third kappa shape index (κ3) is 5.01. The minimum Gasteiger partial charge on any atom is -0.489 e. The maximum atomic E-state index is 11.6. The molecule has 0 aromatic carbocycles. The van der Waals surface area contributed by atoms with Crippen LogP contribution in [0.2, 0.25) is 0 Å². The van der Waals surface area contributed by atoms with E-state index in [0.717, 1.165) is 0 Å². The molecular formula is C10H12F3NO3. The number of aliphatic hydroxyl groups is 1. The first kappa shape index (κ1) is 13.7. The van der Waals surface area contributed by atoms with E-state index in [9.17, 15) is 13.2 Å². The second kappa shape index (κ2) is 5.83. The molecule has 1 aromatic heterocycles. The van der Waals surface area contributed by atoms with Crippen LogP contribution in [0.15, 0.2) is 12.1 Å². The van der Waals surface area contributed by atoms with E-state index in [4.69, 9.17) is 9.84 Å². The topological polar surface area (TPSA) is 51.6 Å². The molecule has 0 bridgehead atoms. The van der Waals surface area contributed by atoms with E-state index >= 15 is 0 Å². The summed E-state index contributed by atoms with van der Waals surface area (Å²) in [5.74, 6) is 0.254. The lowest BCUT2D eigenvalue weighted by molar-refractivity contribution is -0.325. The van der Waals surface area contributed by atoms with Gasteiger partial charge in [-0.25, -0.2) is 0 Å². The van der Waals surface area contributed by atoms with Gasteiger partial charge < -0.3 is 9.84 Å². The molecule has 4 nitrogen and oxygen atoms in total. The van der Waals surface area contributed by atoms with Gasteiger partial charge in [-0.1, -0.05) is 0 Å². The molecule has 17 heavy (non-hydrogen) atoms. The largest absolute Gasteiger partial charge is 0.522 e. The number of hydrogen-bond donors (Lipinski definition) is 1. The average molecular weight is 251 g/mol. The monoisotopic (exact) mass is 251 g/mol. The van der Waals surface area contributed by atoms with Gasteiger partial charge in [0.2, 0.25) is 0 Å². The molecule has 1 N–H and O–H groups in total. The number of aliphatic hydroxyl groups excluding tert-OH is 1. The van der Waals surface area contributed by atoms with Crippen LogP contribution in [0.5, 0.6) is 5.75 Å². The molecule has 0 saturated carbocycles. The summed E-state index contributed by atoms with van der Waals surface area (Å²) in [6.45, 7) is 0.520. The van der Waals surface area contributed by atoms with Crippen molar-refractivity contribution in [1.82, 2.24) is 4.98 Å². The Hall–Kier alpha value is -1.34. The molecule has 0 fully saturated rings. The summed E-state index contributed by atoms with van der Waals surface area (Å²) in [5, 5.41) is 8.97. The minimum atomic E-state index is -4.66. The van der Waals surface area contributed by atoms with Crippen molar-refractivity contribution in [2.45, 2.75) is 19.9 Å². The quantitative estimate of drug-likeness (QED) is 0.811. The predicted octanol–water partition coefficient (Wildman–Crippen LogP) is 1.80. The summed E-state index contributed by atoms with van der Waals surface area (Å²) in [6.07, 6.45) is -4.66. The zero-order valence-corrected chi connectivity index (χ0v) is 9.12. The Balaban J connectivity index is 2.46. The number of aromatic nitrogens is 1. The van der Waals surface area contributed by atoms with E-state index in [2.05, 4.69) is 9.72 Å². The molecule has 0 aliphatic heterocycles. The maximum absolute atomic E-state index is 11.6. The van der Waals surface area contributed by atoms with Gasteiger partial charge in [-0.2, -0.15) is 0 Å². The number of alkyl halides is 3. The molecule has 0 aliphatic rings. The van der Waals surface area contributed by atoms with Crippen LogP contribution in [0.4, 0.5) is 13.2 Å². The lowest BCUT2D eigenvalue weighted by Crippen LogP contribution is -2.18. The van der Waals surface area contributed by atoms with Gasteiger partial charge in [0.1, 0.15) is 18.1 Å². The van der Waals surface area contributed by atoms with Crippen LogP contribution in [0, 0.1) is 6.92 Å². The Bertz CT molecular complexity index is 368. The molecule has 1 aromatic rings. The first-order valence-corrected chi connectivity index (χ1v) is 4.83. The Morgan fingerprint density at radius 1 is 1.29 bits per heavy atom. The van der Waals surface area contributed by atoms with Gasteiger partial charge in [0.25, 0.3) is 0 Å². The smallest absolute Gasteiger partial charge is 0.489 e. The van der Waals surface area contributed by atoms with Gasteiger partial charge >= 0.3 is 6.36 Å². The van der Waals surface area contributed by atoms with Crippen molar-refractivity contribution in [3.05, 3.63) is 23.5 Å². The fourth-order valence-electron chi connectivity index (χ4n) is 1.15. The predicted molar refractivity (Wildman–Crippen MR) is 52.4 cm³/mol. The van der Waals surface area contributed by atoms with Crippen molar-refractivity contribution in [3.8, 4) is 5.75 Å². The average Bonchev–Trinajstić information content (AvgIpc) is 2.24. The lowest BCUT2D eigenvalue weighted by Gasteiger charge is -2.11. The van der Waals surface area contributed by atoms with Gasteiger partial charge in [0.15, 0.2) is 0 Å². The summed E-state index contributed by atoms with van der Waals surface area (Å²) >= 11 is 0. The molecule has 0 amide bonds. The highest BCUT2D eigenvalue weighted by Gasteiger charge is 2.28. The van der Waals surface area contributed by atoms with Crippen LogP contribution < -0.4 is 4.74 Å². The summed E-state index contributed by atoms with van der Waals surface area (Å²) in [4.78, 5) is 3.98. The fourth-order valence-corrected chi connectivity index (χ4v) is 1.15. The van der Waals surface area contributed by atoms with E-state index in [1.807, 2.05) is 0 Å². The number of pyridine rings is 1. The lowest BCUT2D eigenvalue weighted by atomic mass is 10.3. The normalized spacial score (nSPS) is 11.6. The van der Waals surface area contributed by atoms with Crippen molar-refractivity contribution in [2.24, 2.45) is 0 Å². The summed E-state index contributed by atoms with van der Waals surface area (Å²) in [6, 6.07) is 3.18. The molecule has 1 rings (SSSR count). The van der Waals surface area contributed by atoms with E-state index in [-0.39, 0.29) is 24.7 Å². The molecule has 1 heterocycles. The third-order valence-corrected chi connectivity index (χ3v) is 1.83. The molecule has 0 saturated heterocycles. The first-order valence-electron chi connectivity index (χ1n) is 4.83. The number of ether oxygens (including phenoxy) is 2. The number of hydrogen-bond acceptors (Lipinski definition) is 4. The molecule has 0 unspecified atom stereocenters. The van der Waals surface area contributed by atoms with Crippen LogP contribution in [0.1, 0.15) is 11.4 Å². The SMILES string of the molecule is Cc1ccc(OCCOC(F)(F)F)c(CO)n1. The standard InChI is InChI=1S/C10H12F3NO3/c1-7-2-3-9(8(6-15)14-7)16-4-5-17-10(11,12)13/h2-3,15H,4-6H2,1H3. The number of aryl methyl sites for hydroxylation is 1. The third-order valence-electron chi connectivity index (χ3n) is 1.83. The van der Waals surface area contributed by atoms with Gasteiger partial charge in [-0.15, -0.1) is 13.2 Å². The number of halogens is 3. The number of nitrogens with zero attached hydrogens (tertiary/aromatic N) is 1. The molecule has 96 valence electrons. The Morgan fingerprint density at radius 3 is 2.59 bits per heavy atom. The molecule has 0 aliphatic carbocycles. The van der Waals surface area contributed by atoms with Crippen molar-refractivity contribution in [3.63, 3.8) is 0 Å². The van der Waals surface area contributed by atoms with E-state index in [0.29, 0.717) is 5.69 Å². The molecule has 0 atom stereocenters. The molecular weight excluding hydrogens is 239 g/mol. The Labute approximate surface area is 96.0 Å². The Kier molecular flexibility index (Phi) is 4.71.